The number of aliphatic hydroxyl groups is 2. The van der Waals surface area contributed by atoms with Gasteiger partial charge in [0.25, 0.3) is 0 Å². The van der Waals surface area contributed by atoms with Crippen LogP contribution in [0.15, 0.2) is 28.4 Å². The first kappa shape index (κ1) is 14.2. The van der Waals surface area contributed by atoms with Gasteiger partial charge in [-0.15, -0.1) is 11.3 Å². The molecule has 0 aliphatic rings. The van der Waals surface area contributed by atoms with Crippen LogP contribution in [0, 0.1) is 0 Å². The zero-order valence-corrected chi connectivity index (χ0v) is 11.5. The molecule has 0 radical (unpaired) electrons. The average Bonchev–Trinajstić information content (AvgIpc) is 3.06. The fraction of sp³-hybridized carbons (Fsp3) is 0.462. The molecule has 2 aromatic heterocycles. The van der Waals surface area contributed by atoms with Crippen molar-refractivity contribution in [3.05, 3.63) is 29.7 Å². The van der Waals surface area contributed by atoms with E-state index in [2.05, 4.69) is 9.88 Å². The lowest BCUT2D eigenvalue weighted by Gasteiger charge is -2.19. The number of furan rings is 1. The average molecular weight is 282 g/mol. The Morgan fingerprint density at radius 1 is 1.26 bits per heavy atom. The molecule has 2 heterocycles. The third-order valence-electron chi connectivity index (χ3n) is 2.75. The highest BCUT2D eigenvalue weighted by Gasteiger charge is 2.10. The fourth-order valence-corrected chi connectivity index (χ4v) is 2.63. The Labute approximate surface area is 116 Å². The van der Waals surface area contributed by atoms with Gasteiger partial charge in [-0.05, 0) is 12.5 Å². The van der Waals surface area contributed by atoms with Gasteiger partial charge < -0.3 is 14.6 Å². The minimum absolute atomic E-state index is 0.115. The van der Waals surface area contributed by atoms with E-state index >= 15 is 0 Å². The maximum absolute atomic E-state index is 9.04. The van der Waals surface area contributed by atoms with E-state index in [-0.39, 0.29) is 13.2 Å². The highest BCUT2D eigenvalue weighted by Crippen LogP contribution is 2.24. The van der Waals surface area contributed by atoms with E-state index in [0.29, 0.717) is 19.5 Å². The van der Waals surface area contributed by atoms with Crippen LogP contribution < -0.4 is 0 Å². The number of thiazole rings is 1. The number of aliphatic hydroxyl groups excluding tert-OH is 2. The van der Waals surface area contributed by atoms with Crippen molar-refractivity contribution in [1.29, 1.82) is 0 Å². The van der Waals surface area contributed by atoms with E-state index in [0.717, 1.165) is 22.8 Å². The van der Waals surface area contributed by atoms with Crippen LogP contribution in [0.2, 0.25) is 0 Å². The monoisotopic (exact) mass is 282 g/mol. The summed E-state index contributed by atoms with van der Waals surface area (Å²) in [5.74, 6) is 0. The number of hydrogen-bond donors (Lipinski definition) is 2. The normalized spacial score (nSPS) is 11.3. The standard InChI is InChI=1S/C13H18N2O3S/c16-5-1-3-15(4-6-17)8-12-10-19-13(14-12)11-2-7-18-9-11/h2,7,9-10,16-17H,1,3-6,8H2. The molecule has 0 aliphatic heterocycles. The molecule has 0 amide bonds. The minimum Gasteiger partial charge on any atom is -0.472 e. The Morgan fingerprint density at radius 3 is 2.84 bits per heavy atom. The Morgan fingerprint density at radius 2 is 2.16 bits per heavy atom. The van der Waals surface area contributed by atoms with E-state index in [1.54, 1.807) is 23.9 Å². The van der Waals surface area contributed by atoms with Gasteiger partial charge in [0, 0.05) is 37.2 Å². The first-order valence-corrected chi connectivity index (χ1v) is 7.12. The van der Waals surface area contributed by atoms with Crippen LogP contribution in [0.5, 0.6) is 0 Å². The molecule has 2 rings (SSSR count). The van der Waals surface area contributed by atoms with Crippen molar-refractivity contribution in [1.82, 2.24) is 9.88 Å². The van der Waals surface area contributed by atoms with E-state index in [4.69, 9.17) is 14.6 Å². The molecule has 0 atom stereocenters. The second-order valence-electron chi connectivity index (χ2n) is 4.23. The van der Waals surface area contributed by atoms with E-state index < -0.39 is 0 Å². The van der Waals surface area contributed by atoms with Gasteiger partial charge in [0.1, 0.15) is 11.3 Å². The molecule has 5 nitrogen and oxygen atoms in total. The van der Waals surface area contributed by atoms with Crippen molar-refractivity contribution < 1.29 is 14.6 Å². The highest BCUT2D eigenvalue weighted by atomic mass is 32.1. The molecule has 0 aromatic carbocycles. The summed E-state index contributed by atoms with van der Waals surface area (Å²) in [5.41, 5.74) is 1.97. The molecule has 104 valence electrons. The van der Waals surface area contributed by atoms with Crippen molar-refractivity contribution in [2.24, 2.45) is 0 Å². The number of nitrogens with zero attached hydrogens (tertiary/aromatic N) is 2. The maximum atomic E-state index is 9.04. The van der Waals surface area contributed by atoms with E-state index in [1.807, 2.05) is 11.4 Å². The fourth-order valence-electron chi connectivity index (χ4n) is 1.83. The van der Waals surface area contributed by atoms with Crippen LogP contribution in [0.4, 0.5) is 0 Å². The van der Waals surface area contributed by atoms with Gasteiger partial charge >= 0.3 is 0 Å². The molecule has 6 heteroatoms. The molecule has 0 saturated carbocycles. The van der Waals surface area contributed by atoms with Gasteiger partial charge in [-0.25, -0.2) is 4.98 Å². The predicted molar refractivity (Wildman–Crippen MR) is 73.9 cm³/mol. The summed E-state index contributed by atoms with van der Waals surface area (Å²) >= 11 is 1.58. The topological polar surface area (TPSA) is 69.7 Å². The summed E-state index contributed by atoms with van der Waals surface area (Å²) in [5, 5.41) is 20.9. The van der Waals surface area contributed by atoms with E-state index in [1.165, 1.54) is 0 Å². The number of hydrogen-bond acceptors (Lipinski definition) is 6. The van der Waals surface area contributed by atoms with Gasteiger partial charge in [0.05, 0.1) is 18.6 Å². The number of aromatic nitrogens is 1. The second kappa shape index (κ2) is 7.40. The largest absolute Gasteiger partial charge is 0.472 e. The summed E-state index contributed by atoms with van der Waals surface area (Å²) in [4.78, 5) is 6.64. The molecule has 0 bridgehead atoms. The van der Waals surface area contributed by atoms with Crippen LogP contribution >= 0.6 is 11.3 Å². The molecular formula is C13H18N2O3S. The van der Waals surface area contributed by atoms with Gasteiger partial charge in [0.2, 0.25) is 0 Å². The van der Waals surface area contributed by atoms with Crippen LogP contribution in [-0.2, 0) is 6.54 Å². The smallest absolute Gasteiger partial charge is 0.126 e. The second-order valence-corrected chi connectivity index (χ2v) is 5.09. The van der Waals surface area contributed by atoms with E-state index in [9.17, 15) is 0 Å². The molecule has 0 aliphatic carbocycles. The van der Waals surface area contributed by atoms with Gasteiger partial charge in [-0.1, -0.05) is 0 Å². The minimum atomic E-state index is 0.115. The van der Waals surface area contributed by atoms with Crippen molar-refractivity contribution in [2.75, 3.05) is 26.3 Å². The number of rotatable bonds is 8. The first-order chi connectivity index (χ1) is 9.33. The lowest BCUT2D eigenvalue weighted by Crippen LogP contribution is -2.28. The highest BCUT2D eigenvalue weighted by molar-refractivity contribution is 7.13. The van der Waals surface area contributed by atoms with Crippen LogP contribution in [0.1, 0.15) is 12.1 Å². The molecule has 0 unspecified atom stereocenters. The van der Waals surface area contributed by atoms with Crippen molar-refractivity contribution >= 4 is 11.3 Å². The predicted octanol–water partition coefficient (Wildman–Crippen LogP) is 1.58. The van der Waals surface area contributed by atoms with Gasteiger partial charge in [-0.2, -0.15) is 0 Å². The van der Waals surface area contributed by atoms with Crippen LogP contribution in [-0.4, -0.2) is 46.4 Å². The molecular weight excluding hydrogens is 264 g/mol. The Bertz CT molecular complexity index is 470. The molecule has 2 aromatic rings. The Balaban J connectivity index is 1.97. The zero-order valence-electron chi connectivity index (χ0n) is 10.7. The lowest BCUT2D eigenvalue weighted by molar-refractivity contribution is 0.173. The Hall–Kier alpha value is -1.21. The molecule has 19 heavy (non-hydrogen) atoms. The van der Waals surface area contributed by atoms with Crippen molar-refractivity contribution in [3.8, 4) is 10.6 Å². The molecule has 0 fully saturated rings. The Kier molecular flexibility index (Phi) is 5.53. The van der Waals surface area contributed by atoms with Crippen LogP contribution in [0.3, 0.4) is 0 Å². The molecule has 2 N–H and O–H groups in total. The van der Waals surface area contributed by atoms with Gasteiger partial charge in [-0.3, -0.25) is 4.90 Å². The summed E-state index contributed by atoms with van der Waals surface area (Å²) in [7, 11) is 0. The quantitative estimate of drug-likeness (QED) is 0.769. The lowest BCUT2D eigenvalue weighted by atomic mass is 10.3. The zero-order chi connectivity index (χ0) is 13.5. The van der Waals surface area contributed by atoms with Crippen molar-refractivity contribution in [2.45, 2.75) is 13.0 Å². The third kappa shape index (κ3) is 4.14. The molecule has 0 saturated heterocycles. The first-order valence-electron chi connectivity index (χ1n) is 6.24. The third-order valence-corrected chi connectivity index (χ3v) is 3.69. The van der Waals surface area contributed by atoms with Crippen molar-refractivity contribution in [3.63, 3.8) is 0 Å². The summed E-state index contributed by atoms with van der Waals surface area (Å²) in [6.07, 6.45) is 4.02. The van der Waals surface area contributed by atoms with Gasteiger partial charge in [0.15, 0.2) is 0 Å². The maximum Gasteiger partial charge on any atom is 0.126 e. The summed E-state index contributed by atoms with van der Waals surface area (Å²) in [6.45, 7) is 2.33. The SMILES string of the molecule is OCCCN(CCO)Cc1csc(-c2ccoc2)n1. The summed E-state index contributed by atoms with van der Waals surface area (Å²) < 4.78 is 5.05. The molecule has 0 spiro atoms. The summed E-state index contributed by atoms with van der Waals surface area (Å²) in [6, 6.07) is 1.89. The van der Waals surface area contributed by atoms with Crippen LogP contribution in [0.25, 0.3) is 10.6 Å².